The second-order valence-electron chi connectivity index (χ2n) is 15.7. The van der Waals surface area contributed by atoms with Crippen molar-refractivity contribution in [1.82, 2.24) is 26.1 Å². The van der Waals surface area contributed by atoms with E-state index in [1.165, 1.54) is 5.56 Å². The van der Waals surface area contributed by atoms with Gasteiger partial charge in [0.1, 0.15) is 11.2 Å². The molecule has 0 saturated heterocycles. The second kappa shape index (κ2) is 14.4. The first-order chi connectivity index (χ1) is 24.2. The predicted octanol–water partition coefficient (Wildman–Crippen LogP) is 7.25. The van der Waals surface area contributed by atoms with Crippen LogP contribution in [-0.2, 0) is 22.3 Å². The van der Waals surface area contributed by atoms with Crippen LogP contribution in [0.4, 0.5) is 9.59 Å². The van der Waals surface area contributed by atoms with Gasteiger partial charge in [-0.3, -0.25) is 4.79 Å². The van der Waals surface area contributed by atoms with Gasteiger partial charge in [0, 0.05) is 23.0 Å². The summed E-state index contributed by atoms with van der Waals surface area (Å²) in [4.78, 5) is 40.9. The van der Waals surface area contributed by atoms with Crippen LogP contribution in [0.3, 0.4) is 0 Å². The van der Waals surface area contributed by atoms with Crippen LogP contribution in [0.5, 0.6) is 0 Å². The highest BCUT2D eigenvalue weighted by Gasteiger charge is 2.32. The zero-order valence-corrected chi connectivity index (χ0v) is 30.2. The van der Waals surface area contributed by atoms with Gasteiger partial charge in [0.25, 0.3) is 11.8 Å². The van der Waals surface area contributed by atoms with Gasteiger partial charge in [-0.15, -0.1) is 0 Å². The Morgan fingerprint density at radius 1 is 0.804 bits per heavy atom. The number of aryl methyl sites for hydroxylation is 2. The lowest BCUT2D eigenvalue weighted by Crippen LogP contribution is -2.34. The smallest absolute Gasteiger partial charge is 0.408 e. The third-order valence-electron chi connectivity index (χ3n) is 9.03. The molecule has 3 amide bonds. The number of hydrogen-bond acceptors (Lipinski definition) is 10. The number of benzene rings is 2. The number of hydrogen-bond donors (Lipinski definition) is 4. The minimum atomic E-state index is -0.541. The van der Waals surface area contributed by atoms with Crippen LogP contribution in [0.1, 0.15) is 137 Å². The summed E-state index contributed by atoms with van der Waals surface area (Å²) in [5, 5.41) is 24.8. The molecule has 0 unspecified atom stereocenters. The molecule has 51 heavy (non-hydrogen) atoms. The summed E-state index contributed by atoms with van der Waals surface area (Å²) in [6.07, 6.45) is 6.69. The molecule has 2 aromatic carbocycles. The van der Waals surface area contributed by atoms with E-state index in [9.17, 15) is 14.4 Å². The molecule has 0 radical (unpaired) electrons. The summed E-state index contributed by atoms with van der Waals surface area (Å²) >= 11 is 0. The molecular formula is C38H48N6O7. The quantitative estimate of drug-likeness (QED) is 0.0892. The second-order valence-corrected chi connectivity index (χ2v) is 15.7. The van der Waals surface area contributed by atoms with E-state index in [0.717, 1.165) is 79.4 Å². The van der Waals surface area contributed by atoms with Gasteiger partial charge >= 0.3 is 12.2 Å². The van der Waals surface area contributed by atoms with Gasteiger partial charge in [-0.05, 0) is 139 Å². The average Bonchev–Trinajstić information content (AvgIpc) is 3.96. The molecule has 2 fully saturated rings. The monoisotopic (exact) mass is 700 g/mol. The highest BCUT2D eigenvalue weighted by atomic mass is 16.6. The van der Waals surface area contributed by atoms with E-state index < -0.39 is 17.3 Å². The molecule has 0 aliphatic heterocycles. The normalized spacial score (nSPS) is 19.6. The summed E-state index contributed by atoms with van der Waals surface area (Å²) in [7, 11) is 0. The first-order valence-corrected chi connectivity index (χ1v) is 17.8. The van der Waals surface area contributed by atoms with E-state index in [4.69, 9.17) is 19.2 Å². The number of carbonyl (C=O) groups is 3. The summed E-state index contributed by atoms with van der Waals surface area (Å²) < 4.78 is 16.1. The SMILES string of the molecule is CC(C)(C)OC(=O)N[C@@H]1CCc2cc(-c3nc(C4CC4)no3)ccc21.CC(C)(C)OC(=O)N[C@@H]1CCc2cc(C(=O)N/C(=N\O)C3CC3)ccc21. The molecule has 4 aliphatic rings. The standard InChI is InChI=1S/C19H25N3O4.C19H23N3O3/c1-19(2,3)26-18(24)20-15-9-7-12-10-13(6-8-14(12)15)17(23)21-16(22-25)11-4-5-11;1-19(2,3)24-18(23)20-15-9-7-12-10-13(6-8-14(12)15)17-21-16(22-25-17)11-4-5-11/h6,8,10-11,15,25H,4-5,7,9H2,1-3H3,(H,20,24)(H,21,22,23);6,8,10-11,15H,4-5,7,9H2,1-3H3,(H,20,23)/t2*15-/m11/s1. The first-order valence-electron chi connectivity index (χ1n) is 17.8. The van der Waals surface area contributed by atoms with Crippen LogP contribution in [-0.4, -0.2) is 50.5 Å². The highest BCUT2D eigenvalue weighted by Crippen LogP contribution is 2.40. The third kappa shape index (κ3) is 9.44. The molecule has 13 heteroatoms. The molecular weight excluding hydrogens is 652 g/mol. The van der Waals surface area contributed by atoms with Gasteiger partial charge in [0.2, 0.25) is 0 Å². The van der Waals surface area contributed by atoms with E-state index in [2.05, 4.69) is 37.3 Å². The highest BCUT2D eigenvalue weighted by molar-refractivity contribution is 6.07. The van der Waals surface area contributed by atoms with Gasteiger partial charge in [0.15, 0.2) is 11.7 Å². The zero-order valence-electron chi connectivity index (χ0n) is 30.2. The van der Waals surface area contributed by atoms with Crippen LogP contribution in [0, 0.1) is 5.92 Å². The van der Waals surface area contributed by atoms with Crippen molar-refractivity contribution in [1.29, 1.82) is 0 Å². The molecule has 4 N–H and O–H groups in total. The number of rotatable bonds is 6. The summed E-state index contributed by atoms with van der Waals surface area (Å²) in [6, 6.07) is 11.4. The fourth-order valence-electron chi connectivity index (χ4n) is 6.32. The maximum Gasteiger partial charge on any atom is 0.408 e. The van der Waals surface area contributed by atoms with Crippen molar-refractivity contribution in [2.75, 3.05) is 0 Å². The Bertz CT molecular complexity index is 1810. The zero-order chi connectivity index (χ0) is 36.5. The van der Waals surface area contributed by atoms with Gasteiger partial charge in [-0.25, -0.2) is 9.59 Å². The van der Waals surface area contributed by atoms with Crippen LogP contribution in [0.2, 0.25) is 0 Å². The lowest BCUT2D eigenvalue weighted by Gasteiger charge is -2.22. The molecule has 0 spiro atoms. The number of carbonyl (C=O) groups excluding carboxylic acids is 3. The molecule has 0 bridgehead atoms. The number of aromatic nitrogens is 2. The number of oxime groups is 1. The van der Waals surface area contributed by atoms with Crippen molar-refractivity contribution < 1.29 is 33.6 Å². The van der Waals surface area contributed by atoms with Crippen molar-refractivity contribution >= 4 is 23.9 Å². The lowest BCUT2D eigenvalue weighted by atomic mass is 10.0. The molecule has 4 aliphatic carbocycles. The fourth-order valence-corrected chi connectivity index (χ4v) is 6.32. The largest absolute Gasteiger partial charge is 0.444 e. The minimum Gasteiger partial charge on any atom is -0.444 e. The van der Waals surface area contributed by atoms with Crippen LogP contribution < -0.4 is 16.0 Å². The molecule has 3 aromatic rings. The molecule has 1 aromatic heterocycles. The molecule has 272 valence electrons. The van der Waals surface area contributed by atoms with Crippen LogP contribution >= 0.6 is 0 Å². The Kier molecular flexibility index (Phi) is 10.1. The first kappa shape index (κ1) is 35.9. The number of ether oxygens (including phenoxy) is 2. The number of amidine groups is 1. The third-order valence-corrected chi connectivity index (χ3v) is 9.03. The van der Waals surface area contributed by atoms with Crippen molar-refractivity contribution in [3.8, 4) is 11.5 Å². The average molecular weight is 701 g/mol. The predicted molar refractivity (Wildman–Crippen MR) is 188 cm³/mol. The fraction of sp³-hybridized carbons (Fsp3) is 0.526. The Morgan fingerprint density at radius 2 is 1.37 bits per heavy atom. The van der Waals surface area contributed by atoms with E-state index in [0.29, 0.717) is 23.2 Å². The van der Waals surface area contributed by atoms with E-state index in [1.807, 2.05) is 65.8 Å². The van der Waals surface area contributed by atoms with Crippen LogP contribution in [0.25, 0.3) is 11.5 Å². The summed E-state index contributed by atoms with van der Waals surface area (Å²) in [6.45, 7) is 11.1. The van der Waals surface area contributed by atoms with E-state index >= 15 is 0 Å². The van der Waals surface area contributed by atoms with Crippen LogP contribution in [0.15, 0.2) is 46.1 Å². The molecule has 2 atom stereocenters. The Labute approximate surface area is 297 Å². The number of alkyl carbamates (subject to hydrolysis) is 2. The Morgan fingerprint density at radius 3 is 1.90 bits per heavy atom. The molecule has 1 heterocycles. The molecule has 13 nitrogen and oxygen atoms in total. The van der Waals surface area contributed by atoms with E-state index in [1.54, 1.807) is 6.07 Å². The maximum atomic E-state index is 12.4. The van der Waals surface area contributed by atoms with Gasteiger partial charge in [-0.1, -0.05) is 22.4 Å². The van der Waals surface area contributed by atoms with Gasteiger partial charge in [0.05, 0.1) is 12.1 Å². The number of amides is 3. The van der Waals surface area contributed by atoms with Crippen molar-refractivity contribution in [2.45, 2.75) is 122 Å². The maximum absolute atomic E-state index is 12.4. The van der Waals surface area contributed by atoms with Gasteiger partial charge in [-0.2, -0.15) is 4.98 Å². The van der Waals surface area contributed by atoms with Gasteiger partial charge < -0.3 is 35.2 Å². The molecule has 7 rings (SSSR count). The number of fused-ring (bicyclic) bond motifs is 2. The Hall–Kier alpha value is -4.94. The minimum absolute atomic E-state index is 0.0105. The number of nitrogens with zero attached hydrogens (tertiary/aromatic N) is 3. The molecule has 2 saturated carbocycles. The van der Waals surface area contributed by atoms with Crippen molar-refractivity contribution in [3.63, 3.8) is 0 Å². The summed E-state index contributed by atoms with van der Waals surface area (Å²) in [5.74, 6) is 2.08. The van der Waals surface area contributed by atoms with Crippen molar-refractivity contribution in [2.24, 2.45) is 11.1 Å². The van der Waals surface area contributed by atoms with E-state index in [-0.39, 0.29) is 30.0 Å². The Balaban J connectivity index is 0.000000176. The number of nitrogens with one attached hydrogen (secondary N) is 3. The van der Waals surface area contributed by atoms with Crippen molar-refractivity contribution in [3.05, 3.63) is 70.0 Å². The topological polar surface area (TPSA) is 177 Å². The lowest BCUT2D eigenvalue weighted by molar-refractivity contribution is 0.0492. The summed E-state index contributed by atoms with van der Waals surface area (Å²) in [5.41, 5.74) is 4.81.